The number of pyridine rings is 1. The highest BCUT2D eigenvalue weighted by Gasteiger charge is 2.55. The summed E-state index contributed by atoms with van der Waals surface area (Å²) < 4.78 is 64.9. The predicted molar refractivity (Wildman–Crippen MR) is 103 cm³/mol. The molecule has 1 fully saturated rings. The Labute approximate surface area is 165 Å². The summed E-state index contributed by atoms with van der Waals surface area (Å²) in [6.07, 6.45) is -5.23. The molecule has 0 saturated carbocycles. The van der Waals surface area contributed by atoms with Gasteiger partial charge in [-0.2, -0.15) is 21.6 Å². The molecule has 0 amide bonds. The third-order valence-corrected chi connectivity index (χ3v) is 5.55. The van der Waals surface area contributed by atoms with Crippen molar-refractivity contribution in [2.75, 3.05) is 24.5 Å². The summed E-state index contributed by atoms with van der Waals surface area (Å²) >= 11 is 0. The molecule has 4 N–H and O–H groups in total. The molecule has 28 heavy (non-hydrogen) atoms. The maximum Gasteiger partial charge on any atom is 0.395 e. The lowest BCUT2D eigenvalue weighted by atomic mass is 9.77. The highest BCUT2D eigenvalue weighted by molar-refractivity contribution is 7.87. The van der Waals surface area contributed by atoms with Gasteiger partial charge in [-0.25, -0.2) is 9.86 Å². The second kappa shape index (κ2) is 7.90. The Morgan fingerprint density at radius 1 is 1.21 bits per heavy atom. The zero-order valence-corrected chi connectivity index (χ0v) is 16.3. The number of nitrogens with two attached hydrogens (primary N) is 1. The fraction of sp³-hybridized carbons (Fsp3) is 0.438. The predicted octanol–water partition coefficient (Wildman–Crippen LogP) is 1.89. The van der Waals surface area contributed by atoms with Crippen LogP contribution in [-0.2, 0) is 10.2 Å². The number of hydrogen-bond acceptors (Lipinski definition) is 4. The standard InChI is InChI=1S/C16H19F3N4O3S.ClH/c17-16(18,19)15(10-21-27(20,25)26)5-7-23(8-6-15)13-9-14(24)22-12-4-2-1-3-11(12)13;/h1-4,9,21H,5-8,10H2,(H,22,24)(H2,20,25,26);1H. The first-order chi connectivity index (χ1) is 12.5. The zero-order chi connectivity index (χ0) is 19.9. The highest BCUT2D eigenvalue weighted by atomic mass is 35.5. The first kappa shape index (κ1) is 22.5. The second-order valence-electron chi connectivity index (χ2n) is 6.70. The first-order valence-corrected chi connectivity index (χ1v) is 9.77. The third-order valence-electron chi connectivity index (χ3n) is 5.00. The normalized spacial score (nSPS) is 17.4. The maximum absolute atomic E-state index is 13.7. The lowest BCUT2D eigenvalue weighted by Crippen LogP contribution is -2.54. The summed E-state index contributed by atoms with van der Waals surface area (Å²) in [5.74, 6) is 0. The Kier molecular flexibility index (Phi) is 6.34. The molecule has 3 rings (SSSR count). The molecule has 0 radical (unpaired) electrons. The Balaban J connectivity index is 0.00000280. The van der Waals surface area contributed by atoms with Gasteiger partial charge in [0, 0.05) is 31.1 Å². The number of alkyl halides is 3. The van der Waals surface area contributed by atoms with Gasteiger partial charge in [-0.15, -0.1) is 12.4 Å². The minimum absolute atomic E-state index is 0. The van der Waals surface area contributed by atoms with Gasteiger partial charge in [-0.3, -0.25) is 4.79 Å². The van der Waals surface area contributed by atoms with Crippen molar-refractivity contribution in [2.45, 2.75) is 19.0 Å². The molecule has 12 heteroatoms. The fourth-order valence-corrected chi connectivity index (χ4v) is 3.90. The van der Waals surface area contributed by atoms with Crippen LogP contribution in [0.25, 0.3) is 10.9 Å². The first-order valence-electron chi connectivity index (χ1n) is 8.22. The zero-order valence-electron chi connectivity index (χ0n) is 14.6. The fourth-order valence-electron chi connectivity index (χ4n) is 3.42. The van der Waals surface area contributed by atoms with E-state index in [1.54, 1.807) is 33.9 Å². The number of H-pyrrole nitrogens is 1. The molecular weight excluding hydrogens is 421 g/mol. The van der Waals surface area contributed by atoms with E-state index in [-0.39, 0.29) is 43.9 Å². The van der Waals surface area contributed by atoms with Crippen molar-refractivity contribution in [2.24, 2.45) is 10.6 Å². The number of piperidine rings is 1. The van der Waals surface area contributed by atoms with Crippen molar-refractivity contribution in [3.63, 3.8) is 0 Å². The van der Waals surface area contributed by atoms with E-state index >= 15 is 0 Å². The van der Waals surface area contributed by atoms with E-state index in [4.69, 9.17) is 5.14 Å². The molecule has 0 spiro atoms. The quantitative estimate of drug-likeness (QED) is 0.674. The lowest BCUT2D eigenvalue weighted by molar-refractivity contribution is -0.228. The van der Waals surface area contributed by atoms with Gasteiger partial charge >= 0.3 is 6.18 Å². The van der Waals surface area contributed by atoms with Gasteiger partial charge in [-0.1, -0.05) is 18.2 Å². The van der Waals surface area contributed by atoms with Crippen LogP contribution in [0.15, 0.2) is 35.1 Å². The monoisotopic (exact) mass is 440 g/mol. The molecule has 1 aliphatic rings. The third kappa shape index (κ3) is 4.59. The van der Waals surface area contributed by atoms with Crippen molar-refractivity contribution < 1.29 is 21.6 Å². The molecule has 1 saturated heterocycles. The average Bonchev–Trinajstić information content (AvgIpc) is 2.58. The van der Waals surface area contributed by atoms with E-state index in [1.807, 2.05) is 0 Å². The molecule has 1 aromatic heterocycles. The van der Waals surface area contributed by atoms with Gasteiger partial charge in [0.15, 0.2) is 0 Å². The smallest absolute Gasteiger partial charge is 0.371 e. The van der Waals surface area contributed by atoms with Gasteiger partial charge in [-0.05, 0) is 18.9 Å². The largest absolute Gasteiger partial charge is 0.395 e. The van der Waals surface area contributed by atoms with Crippen LogP contribution in [0.3, 0.4) is 0 Å². The number of nitrogens with one attached hydrogen (secondary N) is 2. The minimum atomic E-state index is -4.59. The van der Waals surface area contributed by atoms with Crippen LogP contribution >= 0.6 is 12.4 Å². The van der Waals surface area contributed by atoms with Crippen molar-refractivity contribution >= 4 is 39.2 Å². The molecule has 0 atom stereocenters. The van der Waals surface area contributed by atoms with Crippen molar-refractivity contribution in [1.29, 1.82) is 0 Å². The summed E-state index contributed by atoms with van der Waals surface area (Å²) in [5, 5.41) is 5.53. The molecule has 0 bridgehead atoms. The van der Waals surface area contributed by atoms with Crippen LogP contribution in [0, 0.1) is 5.41 Å². The number of halogens is 4. The summed E-state index contributed by atoms with van der Waals surface area (Å²) in [6.45, 7) is -0.752. The number of aromatic amines is 1. The Morgan fingerprint density at radius 3 is 2.39 bits per heavy atom. The van der Waals surface area contributed by atoms with Crippen LogP contribution in [-0.4, -0.2) is 39.2 Å². The van der Waals surface area contributed by atoms with Crippen LogP contribution in [0.5, 0.6) is 0 Å². The molecule has 156 valence electrons. The van der Waals surface area contributed by atoms with E-state index in [1.165, 1.54) is 6.07 Å². The number of hydrogen-bond donors (Lipinski definition) is 3. The SMILES string of the molecule is Cl.NS(=O)(=O)NCC1(C(F)(F)F)CCN(c2cc(=O)[nH]c3ccccc23)CC1. The molecule has 2 heterocycles. The van der Waals surface area contributed by atoms with E-state index in [9.17, 15) is 26.4 Å². The molecule has 0 aliphatic carbocycles. The van der Waals surface area contributed by atoms with Gasteiger partial charge in [0.2, 0.25) is 5.56 Å². The van der Waals surface area contributed by atoms with Gasteiger partial charge < -0.3 is 9.88 Å². The molecule has 0 unspecified atom stereocenters. The number of anilines is 1. The van der Waals surface area contributed by atoms with Gasteiger partial charge in [0.05, 0.1) is 16.6 Å². The van der Waals surface area contributed by atoms with E-state index in [2.05, 4.69) is 4.98 Å². The van der Waals surface area contributed by atoms with Gasteiger partial charge in [0.1, 0.15) is 0 Å². The van der Waals surface area contributed by atoms with Crippen molar-refractivity contribution in [1.82, 2.24) is 9.71 Å². The number of benzene rings is 1. The topological polar surface area (TPSA) is 108 Å². The van der Waals surface area contributed by atoms with E-state index in [0.29, 0.717) is 11.2 Å². The van der Waals surface area contributed by atoms with Crippen LogP contribution < -0.4 is 20.3 Å². The van der Waals surface area contributed by atoms with Crippen LogP contribution in [0.4, 0.5) is 18.9 Å². The molecule has 2 aromatic rings. The molecule has 1 aromatic carbocycles. The van der Waals surface area contributed by atoms with Crippen molar-refractivity contribution in [3.05, 3.63) is 40.7 Å². The molecule has 7 nitrogen and oxygen atoms in total. The number of aromatic nitrogens is 1. The second-order valence-corrected chi connectivity index (χ2v) is 8.07. The van der Waals surface area contributed by atoms with Crippen LogP contribution in [0.2, 0.25) is 0 Å². The van der Waals surface area contributed by atoms with E-state index < -0.39 is 28.3 Å². The lowest BCUT2D eigenvalue weighted by Gasteiger charge is -2.43. The van der Waals surface area contributed by atoms with Gasteiger partial charge in [0.25, 0.3) is 10.2 Å². The number of fused-ring (bicyclic) bond motifs is 1. The Bertz CT molecular complexity index is 1000. The summed E-state index contributed by atoms with van der Waals surface area (Å²) in [4.78, 5) is 16.3. The summed E-state index contributed by atoms with van der Waals surface area (Å²) in [6, 6.07) is 8.41. The number of nitrogens with zero attached hydrogens (tertiary/aromatic N) is 1. The highest BCUT2D eigenvalue weighted by Crippen LogP contribution is 2.46. The van der Waals surface area contributed by atoms with Crippen molar-refractivity contribution in [3.8, 4) is 0 Å². The van der Waals surface area contributed by atoms with Crippen LogP contribution in [0.1, 0.15) is 12.8 Å². The molecular formula is C16H20ClF3N4O3S. The minimum Gasteiger partial charge on any atom is -0.371 e. The maximum atomic E-state index is 13.7. The summed E-state index contributed by atoms with van der Waals surface area (Å²) in [7, 11) is -4.23. The Hall–Kier alpha value is -1.82. The Morgan fingerprint density at radius 2 is 1.82 bits per heavy atom. The molecule has 1 aliphatic heterocycles. The summed E-state index contributed by atoms with van der Waals surface area (Å²) in [5.41, 5.74) is -1.38. The average molecular weight is 441 g/mol. The number of rotatable bonds is 4. The number of para-hydroxylation sites is 1. The van der Waals surface area contributed by atoms with E-state index in [0.717, 1.165) is 5.39 Å².